The highest BCUT2D eigenvalue weighted by atomic mass is 32.2. The molecule has 0 unspecified atom stereocenters. The van der Waals surface area contributed by atoms with Crippen LogP contribution in [0.1, 0.15) is 145 Å². The maximum absolute atomic E-state index is 15.3. The van der Waals surface area contributed by atoms with E-state index in [1.54, 1.807) is 11.0 Å². The maximum Gasteiger partial charge on any atom is 0.303 e. The molecular formula is C46H75N7O7S. The van der Waals surface area contributed by atoms with Crippen LogP contribution in [0, 0.1) is 39.4 Å². The van der Waals surface area contributed by atoms with Crippen molar-refractivity contribution in [3.63, 3.8) is 0 Å². The lowest BCUT2D eigenvalue weighted by atomic mass is 9.73. The molecule has 4 N–H and O–H groups in total. The fraction of sp³-hybridized carbons (Fsp3) is 0.848. The third kappa shape index (κ3) is 8.19. The predicted octanol–water partition coefficient (Wildman–Crippen LogP) is 4.41. The number of hydrogen-bond donors (Lipinski definition) is 4. The van der Waals surface area contributed by atoms with Crippen LogP contribution in [0.25, 0.3) is 0 Å². The van der Waals surface area contributed by atoms with Gasteiger partial charge in [-0.25, -0.2) is 4.72 Å². The summed E-state index contributed by atoms with van der Waals surface area (Å²) in [5.41, 5.74) is -2.82. The summed E-state index contributed by atoms with van der Waals surface area (Å²) in [5, 5.41) is 9.34. The Hall–Kier alpha value is -3.04. The molecule has 14 nitrogen and oxygen atoms in total. The van der Waals surface area contributed by atoms with Crippen LogP contribution < -0.4 is 20.7 Å². The zero-order valence-corrected chi connectivity index (χ0v) is 39.1. The summed E-state index contributed by atoms with van der Waals surface area (Å²) in [4.78, 5) is 76.8. The Balaban J connectivity index is 1.15. The highest BCUT2D eigenvalue weighted by Gasteiger charge is 2.85. The largest absolute Gasteiger partial charge is 0.343 e. The summed E-state index contributed by atoms with van der Waals surface area (Å²) in [6, 6.07) is -2.94. The SMILES string of the molecule is C=C[C@@H]1C[C@]1(NC(=O)[C@@H]1C[C@@]2(CN1C(=O)[C@@H](NC(=O)[C@@H](NC(=O)[C@@H]1CCCCN1C(C)C)C1CCCCC1)C(C)(C)C)C(C)(C)C21CCC1)C(=O)NS(=O)(=O)N(C)CC1CC1. The summed E-state index contributed by atoms with van der Waals surface area (Å²) in [6.45, 7) is 19.7. The molecule has 7 atom stereocenters. The van der Waals surface area contributed by atoms with Crippen molar-refractivity contribution in [2.24, 2.45) is 39.4 Å². The minimum Gasteiger partial charge on any atom is -0.343 e. The summed E-state index contributed by atoms with van der Waals surface area (Å²) in [7, 11) is -2.72. The Labute approximate surface area is 365 Å². The number of fused-ring (bicyclic) bond motifs is 1. The molecule has 7 aliphatic rings. The monoisotopic (exact) mass is 870 g/mol. The molecule has 2 aliphatic heterocycles. The van der Waals surface area contributed by atoms with E-state index in [4.69, 9.17) is 0 Å². The summed E-state index contributed by atoms with van der Waals surface area (Å²) in [5.74, 6) is -2.53. The van der Waals surface area contributed by atoms with Gasteiger partial charge in [-0.05, 0) is 113 Å². The molecule has 7 fully saturated rings. The van der Waals surface area contributed by atoms with Crippen LogP contribution >= 0.6 is 0 Å². The van der Waals surface area contributed by atoms with E-state index in [1.807, 2.05) is 20.8 Å². The standard InChI is InChI=1S/C46H75N7O7S/c1-10-32-25-46(32,41(58)50-61(59,60)51(9)27-30-20-21-30)49-38(55)34-26-45(43(7,8)44(45)22-16-23-44)28-53(34)40(57)36(42(4,5)6)48-39(56)35(31-17-12-11-13-18-31)47-37(54)33-19-14-15-24-52(33)29(2)3/h10,29-36H,1,11-28H2,2-9H3,(H,47,54)(H,48,56)(H,49,55)(H,50,58)/t32-,33+,34+,35+,36-,45-,46-/m1/s1. The van der Waals surface area contributed by atoms with Crippen LogP contribution in [0.3, 0.4) is 0 Å². The van der Waals surface area contributed by atoms with Crippen LogP contribution in [-0.4, -0.2) is 114 Å². The molecule has 0 bridgehead atoms. The molecule has 2 saturated heterocycles. The van der Waals surface area contributed by atoms with E-state index < -0.39 is 57.0 Å². The molecular weight excluding hydrogens is 795 g/mol. The van der Waals surface area contributed by atoms with Crippen molar-refractivity contribution >= 4 is 39.7 Å². The van der Waals surface area contributed by atoms with Gasteiger partial charge >= 0.3 is 10.2 Å². The molecule has 0 radical (unpaired) electrons. The Bertz CT molecular complexity index is 1870. The first-order valence-electron chi connectivity index (χ1n) is 23.5. The van der Waals surface area contributed by atoms with Crippen LogP contribution in [0.4, 0.5) is 0 Å². The van der Waals surface area contributed by atoms with Gasteiger partial charge in [-0.1, -0.05) is 72.8 Å². The third-order valence-corrected chi connectivity index (χ3v) is 18.3. The lowest BCUT2D eigenvalue weighted by molar-refractivity contribution is -0.145. The predicted molar refractivity (Wildman–Crippen MR) is 234 cm³/mol. The van der Waals surface area contributed by atoms with Gasteiger partial charge in [0.15, 0.2) is 0 Å². The molecule has 342 valence electrons. The molecule has 7 rings (SSSR count). The second-order valence-corrected chi connectivity index (χ2v) is 23.8. The molecule has 2 heterocycles. The Morgan fingerprint density at radius 2 is 1.51 bits per heavy atom. The van der Waals surface area contributed by atoms with Gasteiger partial charge in [0.1, 0.15) is 23.7 Å². The Kier molecular flexibility index (Phi) is 12.4. The normalized spacial score (nSPS) is 31.9. The molecule has 0 aromatic carbocycles. The van der Waals surface area contributed by atoms with E-state index in [9.17, 15) is 27.6 Å². The van der Waals surface area contributed by atoms with Gasteiger partial charge in [-0.3, -0.25) is 28.9 Å². The van der Waals surface area contributed by atoms with E-state index in [0.717, 1.165) is 94.3 Å². The number of piperidine rings is 1. The average molecular weight is 870 g/mol. The van der Waals surface area contributed by atoms with Gasteiger partial charge in [-0.15, -0.1) is 6.58 Å². The molecule has 0 aromatic heterocycles. The first-order valence-corrected chi connectivity index (χ1v) is 24.9. The zero-order valence-electron chi connectivity index (χ0n) is 38.2. The van der Waals surface area contributed by atoms with Gasteiger partial charge in [0, 0.05) is 37.5 Å². The topological polar surface area (TPSA) is 177 Å². The first-order chi connectivity index (χ1) is 28.6. The van der Waals surface area contributed by atoms with Crippen molar-refractivity contribution in [3.8, 4) is 0 Å². The number of likely N-dealkylation sites (tertiary alicyclic amines) is 2. The molecule has 5 saturated carbocycles. The highest BCUT2D eigenvalue weighted by molar-refractivity contribution is 7.87. The van der Waals surface area contributed by atoms with Crippen molar-refractivity contribution in [1.82, 2.24) is 34.8 Å². The van der Waals surface area contributed by atoms with Gasteiger partial charge in [0.2, 0.25) is 23.6 Å². The van der Waals surface area contributed by atoms with Crippen LogP contribution in [0.2, 0.25) is 0 Å². The van der Waals surface area contributed by atoms with Crippen molar-refractivity contribution < 1.29 is 32.4 Å². The number of carbonyl (C=O) groups excluding carboxylic acids is 5. The van der Waals surface area contributed by atoms with Crippen molar-refractivity contribution in [3.05, 3.63) is 12.7 Å². The zero-order chi connectivity index (χ0) is 44.5. The lowest BCUT2D eigenvalue weighted by Crippen LogP contribution is -2.63. The first kappa shape index (κ1) is 46.0. The molecule has 5 aliphatic carbocycles. The number of nitrogens with one attached hydrogen (secondary N) is 4. The van der Waals surface area contributed by atoms with E-state index in [2.05, 4.69) is 59.8 Å². The minimum absolute atomic E-state index is 0.0219. The quantitative estimate of drug-likeness (QED) is 0.175. The maximum atomic E-state index is 15.3. The molecule has 0 aromatic rings. The molecule has 5 amide bonds. The van der Waals surface area contributed by atoms with Gasteiger partial charge in [-0.2, -0.15) is 12.7 Å². The lowest BCUT2D eigenvalue weighted by Gasteiger charge is -2.40. The van der Waals surface area contributed by atoms with Crippen molar-refractivity contribution in [2.75, 3.05) is 26.7 Å². The smallest absolute Gasteiger partial charge is 0.303 e. The second kappa shape index (κ2) is 16.5. The van der Waals surface area contributed by atoms with Crippen LogP contribution in [0.5, 0.6) is 0 Å². The Morgan fingerprint density at radius 1 is 0.852 bits per heavy atom. The fourth-order valence-electron chi connectivity index (χ4n) is 12.5. The van der Waals surface area contributed by atoms with Crippen LogP contribution in [0.15, 0.2) is 12.7 Å². The molecule has 2 spiro atoms. The van der Waals surface area contributed by atoms with Gasteiger partial charge in [0.05, 0.1) is 6.04 Å². The van der Waals surface area contributed by atoms with Crippen molar-refractivity contribution in [2.45, 2.75) is 181 Å². The van der Waals surface area contributed by atoms with E-state index in [-0.39, 0.29) is 64.3 Å². The van der Waals surface area contributed by atoms with E-state index in [1.165, 1.54) is 7.05 Å². The van der Waals surface area contributed by atoms with E-state index >= 15 is 4.79 Å². The Morgan fingerprint density at radius 3 is 2.05 bits per heavy atom. The molecule has 15 heteroatoms. The minimum atomic E-state index is -4.16. The highest BCUT2D eigenvalue weighted by Crippen LogP contribution is 2.88. The number of carbonyl (C=O) groups is 5. The third-order valence-electron chi connectivity index (χ3n) is 16.9. The number of amides is 5. The van der Waals surface area contributed by atoms with Gasteiger partial charge < -0.3 is 20.9 Å². The fourth-order valence-corrected chi connectivity index (χ4v) is 13.4. The van der Waals surface area contributed by atoms with E-state index in [0.29, 0.717) is 19.5 Å². The number of nitrogens with zero attached hydrogens (tertiary/aromatic N) is 3. The van der Waals surface area contributed by atoms with Crippen LogP contribution in [-0.2, 0) is 34.2 Å². The average Bonchev–Trinajstić information content (AvgIpc) is 4.13. The number of rotatable bonds is 15. The summed E-state index contributed by atoms with van der Waals surface area (Å²) < 4.78 is 29.9. The van der Waals surface area contributed by atoms with Gasteiger partial charge in [0.25, 0.3) is 5.91 Å². The summed E-state index contributed by atoms with van der Waals surface area (Å²) >= 11 is 0. The number of hydrogen-bond acceptors (Lipinski definition) is 8. The second-order valence-electron chi connectivity index (χ2n) is 22.0. The van der Waals surface area contributed by atoms with Crippen molar-refractivity contribution in [1.29, 1.82) is 0 Å². The summed E-state index contributed by atoms with van der Waals surface area (Å²) in [6.07, 6.45) is 14.4. The molecule has 61 heavy (non-hydrogen) atoms.